The van der Waals surface area contributed by atoms with Gasteiger partial charge in [0.1, 0.15) is 24.0 Å². The third-order valence-corrected chi connectivity index (χ3v) is 5.81. The fourth-order valence-electron chi connectivity index (χ4n) is 3.56. The first-order valence-electron chi connectivity index (χ1n) is 10.1. The number of fused-ring (bicyclic) bond motifs is 1. The SMILES string of the molecule is N#C/C(=C\c1ccc(OCc2ccc(Br)cc2)cc1)C(=O)N1CCc2ccccc2C1. The van der Waals surface area contributed by atoms with Crippen LogP contribution in [0.4, 0.5) is 0 Å². The summed E-state index contributed by atoms with van der Waals surface area (Å²) < 4.78 is 6.85. The smallest absolute Gasteiger partial charge is 0.264 e. The fraction of sp³-hybridized carbons (Fsp3) is 0.154. The van der Waals surface area contributed by atoms with Crippen LogP contribution >= 0.6 is 15.9 Å². The van der Waals surface area contributed by atoms with E-state index in [1.165, 1.54) is 5.56 Å². The Balaban J connectivity index is 1.41. The number of carbonyl (C=O) groups excluding carboxylic acids is 1. The fourth-order valence-corrected chi connectivity index (χ4v) is 3.82. The van der Waals surface area contributed by atoms with Gasteiger partial charge in [0.25, 0.3) is 5.91 Å². The van der Waals surface area contributed by atoms with Gasteiger partial charge in [-0.05, 0) is 59.0 Å². The first kappa shape index (κ1) is 20.9. The van der Waals surface area contributed by atoms with E-state index in [2.05, 4.69) is 28.1 Å². The van der Waals surface area contributed by atoms with E-state index < -0.39 is 0 Å². The summed E-state index contributed by atoms with van der Waals surface area (Å²) in [6.07, 6.45) is 2.45. The van der Waals surface area contributed by atoms with Gasteiger partial charge in [0.15, 0.2) is 0 Å². The molecule has 1 amide bonds. The second-order valence-electron chi connectivity index (χ2n) is 7.40. The molecule has 0 fully saturated rings. The third-order valence-electron chi connectivity index (χ3n) is 5.28. The Hall–Kier alpha value is -3.36. The molecular weight excluding hydrogens is 452 g/mol. The highest BCUT2D eigenvalue weighted by atomic mass is 79.9. The van der Waals surface area contributed by atoms with Gasteiger partial charge >= 0.3 is 0 Å². The van der Waals surface area contributed by atoms with Crippen molar-refractivity contribution in [3.63, 3.8) is 0 Å². The van der Waals surface area contributed by atoms with Gasteiger partial charge in [-0.1, -0.05) is 64.5 Å². The molecule has 0 N–H and O–H groups in total. The lowest BCUT2D eigenvalue weighted by atomic mass is 9.99. The molecule has 0 bridgehead atoms. The minimum atomic E-state index is -0.229. The summed E-state index contributed by atoms with van der Waals surface area (Å²) in [5.41, 5.74) is 4.42. The van der Waals surface area contributed by atoms with E-state index in [0.717, 1.165) is 33.3 Å². The topological polar surface area (TPSA) is 53.3 Å². The highest BCUT2D eigenvalue weighted by Gasteiger charge is 2.23. The van der Waals surface area contributed by atoms with Gasteiger partial charge in [-0.2, -0.15) is 5.26 Å². The monoisotopic (exact) mass is 472 g/mol. The van der Waals surface area contributed by atoms with Crippen LogP contribution in [-0.2, 0) is 24.4 Å². The normalized spacial score (nSPS) is 13.3. The Morgan fingerprint density at radius 1 is 1.03 bits per heavy atom. The van der Waals surface area contributed by atoms with Crippen LogP contribution in [0.5, 0.6) is 5.75 Å². The molecule has 4 rings (SSSR count). The van der Waals surface area contributed by atoms with Crippen molar-refractivity contribution < 1.29 is 9.53 Å². The van der Waals surface area contributed by atoms with Crippen LogP contribution in [0, 0.1) is 11.3 Å². The van der Waals surface area contributed by atoms with Crippen LogP contribution in [0.25, 0.3) is 6.08 Å². The van der Waals surface area contributed by atoms with Crippen molar-refractivity contribution >= 4 is 27.9 Å². The Kier molecular flexibility index (Phi) is 6.49. The number of halogens is 1. The van der Waals surface area contributed by atoms with Crippen LogP contribution in [-0.4, -0.2) is 17.4 Å². The number of amides is 1. The molecule has 1 aliphatic heterocycles. The number of rotatable bonds is 5. The molecule has 0 saturated carbocycles. The summed E-state index contributed by atoms with van der Waals surface area (Å²) in [7, 11) is 0. The van der Waals surface area contributed by atoms with Crippen LogP contribution in [0.2, 0.25) is 0 Å². The van der Waals surface area contributed by atoms with E-state index in [4.69, 9.17) is 4.74 Å². The van der Waals surface area contributed by atoms with Gasteiger partial charge in [-0.25, -0.2) is 0 Å². The predicted octanol–water partition coefficient (Wildman–Crippen LogP) is 5.52. The Labute approximate surface area is 190 Å². The molecular formula is C26H21BrN2O2. The summed E-state index contributed by atoms with van der Waals surface area (Å²) in [4.78, 5) is 14.6. The summed E-state index contributed by atoms with van der Waals surface area (Å²) >= 11 is 3.42. The number of hydrogen-bond donors (Lipinski definition) is 0. The lowest BCUT2D eigenvalue weighted by Crippen LogP contribution is -2.36. The zero-order valence-electron chi connectivity index (χ0n) is 16.9. The molecule has 0 saturated heterocycles. The average Bonchev–Trinajstić information content (AvgIpc) is 2.82. The standard InChI is InChI=1S/C26H21BrN2O2/c27-24-9-5-20(6-10-24)18-31-25-11-7-19(8-12-25)15-23(16-28)26(30)29-14-13-21-3-1-2-4-22(21)17-29/h1-12,15H,13-14,17-18H2/b23-15+. The van der Waals surface area contributed by atoms with Gasteiger partial charge in [0.05, 0.1) is 0 Å². The van der Waals surface area contributed by atoms with Crippen molar-refractivity contribution in [1.82, 2.24) is 4.90 Å². The van der Waals surface area contributed by atoms with Gasteiger partial charge in [-0.3, -0.25) is 4.79 Å². The van der Waals surface area contributed by atoms with Gasteiger partial charge in [0, 0.05) is 17.6 Å². The summed E-state index contributed by atoms with van der Waals surface area (Å²) in [6, 6.07) is 25.6. The number of nitriles is 1. The maximum absolute atomic E-state index is 12.9. The maximum atomic E-state index is 12.9. The molecule has 5 heteroatoms. The van der Waals surface area contributed by atoms with E-state index in [1.807, 2.05) is 66.7 Å². The third kappa shape index (κ3) is 5.22. The summed E-state index contributed by atoms with van der Waals surface area (Å²) in [5.74, 6) is 0.505. The van der Waals surface area contributed by atoms with Crippen molar-refractivity contribution in [3.8, 4) is 11.8 Å². The first-order valence-corrected chi connectivity index (χ1v) is 10.9. The largest absolute Gasteiger partial charge is 0.489 e. The molecule has 31 heavy (non-hydrogen) atoms. The molecule has 1 aliphatic rings. The molecule has 1 heterocycles. The van der Waals surface area contributed by atoms with Crippen LogP contribution in [0.15, 0.2) is 82.8 Å². The molecule has 0 aliphatic carbocycles. The highest BCUT2D eigenvalue weighted by Crippen LogP contribution is 2.21. The molecule has 0 radical (unpaired) electrons. The van der Waals surface area contributed by atoms with E-state index >= 15 is 0 Å². The first-order chi connectivity index (χ1) is 15.1. The lowest BCUT2D eigenvalue weighted by Gasteiger charge is -2.28. The average molecular weight is 473 g/mol. The van der Waals surface area contributed by atoms with Crippen LogP contribution in [0.3, 0.4) is 0 Å². The quantitative estimate of drug-likeness (QED) is 0.362. The summed E-state index contributed by atoms with van der Waals surface area (Å²) in [5, 5.41) is 9.57. The number of carbonyl (C=O) groups is 1. The molecule has 3 aromatic carbocycles. The molecule has 0 spiro atoms. The Morgan fingerprint density at radius 3 is 2.45 bits per heavy atom. The summed E-state index contributed by atoms with van der Waals surface area (Å²) in [6.45, 7) is 1.63. The minimum absolute atomic E-state index is 0.142. The minimum Gasteiger partial charge on any atom is -0.489 e. The molecule has 3 aromatic rings. The van der Waals surface area contributed by atoms with Gasteiger partial charge in [-0.15, -0.1) is 0 Å². The maximum Gasteiger partial charge on any atom is 0.264 e. The molecule has 0 aromatic heterocycles. The second-order valence-corrected chi connectivity index (χ2v) is 8.32. The zero-order valence-corrected chi connectivity index (χ0v) is 18.5. The number of nitrogens with zero attached hydrogens (tertiary/aromatic N) is 2. The Morgan fingerprint density at radius 2 is 1.74 bits per heavy atom. The molecule has 154 valence electrons. The highest BCUT2D eigenvalue weighted by molar-refractivity contribution is 9.10. The van der Waals surface area contributed by atoms with Gasteiger partial charge < -0.3 is 9.64 Å². The Bertz CT molecular complexity index is 1150. The van der Waals surface area contributed by atoms with E-state index in [1.54, 1.807) is 11.0 Å². The van der Waals surface area contributed by atoms with Crippen molar-refractivity contribution in [2.45, 2.75) is 19.6 Å². The van der Waals surface area contributed by atoms with Crippen molar-refractivity contribution in [3.05, 3.63) is 105 Å². The molecule has 4 nitrogen and oxygen atoms in total. The molecule has 0 atom stereocenters. The van der Waals surface area contributed by atoms with E-state index in [0.29, 0.717) is 19.7 Å². The van der Waals surface area contributed by atoms with Crippen molar-refractivity contribution in [2.75, 3.05) is 6.54 Å². The van der Waals surface area contributed by atoms with Crippen LogP contribution in [0.1, 0.15) is 22.3 Å². The van der Waals surface area contributed by atoms with Crippen molar-refractivity contribution in [2.24, 2.45) is 0 Å². The predicted molar refractivity (Wildman–Crippen MR) is 124 cm³/mol. The van der Waals surface area contributed by atoms with E-state index in [-0.39, 0.29) is 11.5 Å². The number of ether oxygens (including phenoxy) is 1. The second kappa shape index (κ2) is 9.63. The molecule has 0 unspecified atom stereocenters. The number of benzene rings is 3. The number of hydrogen-bond acceptors (Lipinski definition) is 3. The van der Waals surface area contributed by atoms with E-state index in [9.17, 15) is 10.1 Å². The van der Waals surface area contributed by atoms with Gasteiger partial charge in [0.2, 0.25) is 0 Å². The lowest BCUT2D eigenvalue weighted by molar-refractivity contribution is -0.127. The van der Waals surface area contributed by atoms with Crippen LogP contribution < -0.4 is 4.74 Å². The zero-order chi connectivity index (χ0) is 21.6. The van der Waals surface area contributed by atoms with Crippen molar-refractivity contribution in [1.29, 1.82) is 5.26 Å².